The van der Waals surface area contributed by atoms with Gasteiger partial charge in [0.15, 0.2) is 21.6 Å². The van der Waals surface area contributed by atoms with Gasteiger partial charge in [-0.3, -0.25) is 9.59 Å². The van der Waals surface area contributed by atoms with E-state index in [1.807, 2.05) is 0 Å². The molecule has 0 bridgehead atoms. The third-order valence-corrected chi connectivity index (χ3v) is 8.41. The molecule has 0 aromatic carbocycles. The molecule has 1 aliphatic carbocycles. The number of carbonyl (C=O) groups excluding carboxylic acids is 3. The summed E-state index contributed by atoms with van der Waals surface area (Å²) in [6.45, 7) is 1.41. The fourth-order valence-corrected chi connectivity index (χ4v) is 6.59. The van der Waals surface area contributed by atoms with Crippen LogP contribution in [0.4, 0.5) is 5.82 Å². The van der Waals surface area contributed by atoms with Crippen molar-refractivity contribution in [2.24, 2.45) is 0 Å². The van der Waals surface area contributed by atoms with Gasteiger partial charge in [0, 0.05) is 18.3 Å². The van der Waals surface area contributed by atoms with E-state index in [0.717, 1.165) is 43.9 Å². The quantitative estimate of drug-likeness (QED) is 0.287. The maximum Gasteiger partial charge on any atom is 0.343 e. The zero-order chi connectivity index (χ0) is 24.7. The Bertz CT molecular complexity index is 1010. The number of nitrogen functional groups attached to an aromatic ring is 1. The third kappa shape index (κ3) is 7.05. The Kier molecular flexibility index (Phi) is 9.11. The van der Waals surface area contributed by atoms with Crippen LogP contribution in [0.1, 0.15) is 55.8 Å². The largest absolute Gasteiger partial charge is 0.462 e. The number of sulfone groups is 1. The van der Waals surface area contributed by atoms with Gasteiger partial charge in [-0.15, -0.1) is 0 Å². The summed E-state index contributed by atoms with van der Waals surface area (Å²) in [5, 5.41) is 0.175. The van der Waals surface area contributed by atoms with Gasteiger partial charge in [0.05, 0.1) is 23.9 Å². The first kappa shape index (κ1) is 26.2. The van der Waals surface area contributed by atoms with E-state index in [-0.39, 0.29) is 58.4 Å². The predicted octanol–water partition coefficient (Wildman–Crippen LogP) is 1.22. The van der Waals surface area contributed by atoms with Crippen LogP contribution in [-0.2, 0) is 28.9 Å². The fourth-order valence-electron chi connectivity index (χ4n) is 4.26. The van der Waals surface area contributed by atoms with E-state index in [4.69, 9.17) is 15.2 Å². The van der Waals surface area contributed by atoms with Gasteiger partial charge < -0.3 is 20.1 Å². The summed E-state index contributed by atoms with van der Waals surface area (Å²) < 4.78 is 34.0. The molecule has 1 saturated carbocycles. The van der Waals surface area contributed by atoms with Gasteiger partial charge in [-0.25, -0.2) is 23.2 Å². The van der Waals surface area contributed by atoms with Crippen LogP contribution in [0.25, 0.3) is 0 Å². The molecule has 2 N–H and O–H groups in total. The predicted molar refractivity (Wildman–Crippen MR) is 125 cm³/mol. The minimum absolute atomic E-state index is 0.0260. The first-order valence-electron chi connectivity index (χ1n) is 11.3. The molecular weight excluding hydrogens is 484 g/mol. The maximum atomic E-state index is 13.0. The summed E-state index contributed by atoms with van der Waals surface area (Å²) in [5.74, 6) is -1.83. The van der Waals surface area contributed by atoms with Crippen LogP contribution in [-0.4, -0.2) is 83.7 Å². The number of esters is 2. The zero-order valence-corrected chi connectivity index (χ0v) is 20.7. The number of hydrogen-bond acceptors (Lipinski definition) is 11. The lowest BCUT2D eigenvalue weighted by molar-refractivity contribution is -0.152. The van der Waals surface area contributed by atoms with Crippen molar-refractivity contribution in [1.29, 1.82) is 0 Å². The SMILES string of the molecule is CCOC(=O)c1cnc(SCC(=O)OCC(=O)N(C2CCCCC2)C2CCS(=O)(=O)C2)nc1N. The van der Waals surface area contributed by atoms with Crippen molar-refractivity contribution in [2.45, 2.75) is 62.7 Å². The minimum Gasteiger partial charge on any atom is -0.462 e. The molecule has 3 rings (SSSR count). The number of rotatable bonds is 9. The van der Waals surface area contributed by atoms with Crippen LogP contribution >= 0.6 is 11.8 Å². The summed E-state index contributed by atoms with van der Waals surface area (Å²) in [6.07, 6.45) is 6.37. The van der Waals surface area contributed by atoms with Crippen molar-refractivity contribution in [3.05, 3.63) is 11.8 Å². The fraction of sp³-hybridized carbons (Fsp3) is 0.667. The summed E-state index contributed by atoms with van der Waals surface area (Å²) in [5.41, 5.74) is 5.80. The molecule has 2 aliphatic rings. The van der Waals surface area contributed by atoms with Crippen molar-refractivity contribution in [1.82, 2.24) is 14.9 Å². The second kappa shape index (κ2) is 11.8. The first-order chi connectivity index (χ1) is 16.2. The van der Waals surface area contributed by atoms with Crippen molar-refractivity contribution in [3.8, 4) is 0 Å². The Morgan fingerprint density at radius 3 is 2.50 bits per heavy atom. The van der Waals surface area contributed by atoms with Gasteiger partial charge >= 0.3 is 11.9 Å². The molecule has 1 unspecified atom stereocenters. The van der Waals surface area contributed by atoms with E-state index < -0.39 is 28.4 Å². The lowest BCUT2D eigenvalue weighted by atomic mass is 9.93. The summed E-state index contributed by atoms with van der Waals surface area (Å²) >= 11 is 0.957. The van der Waals surface area contributed by atoms with E-state index >= 15 is 0 Å². The molecule has 0 spiro atoms. The normalized spacial score (nSPS) is 20.0. The van der Waals surface area contributed by atoms with Gasteiger partial charge in [0.25, 0.3) is 5.91 Å². The highest BCUT2D eigenvalue weighted by atomic mass is 32.2. The number of anilines is 1. The van der Waals surface area contributed by atoms with Crippen LogP contribution in [0, 0.1) is 0 Å². The number of nitrogens with zero attached hydrogens (tertiary/aromatic N) is 3. The van der Waals surface area contributed by atoms with E-state index in [1.165, 1.54) is 6.20 Å². The van der Waals surface area contributed by atoms with Crippen LogP contribution in [0.15, 0.2) is 11.4 Å². The Hall–Kier alpha value is -2.41. The van der Waals surface area contributed by atoms with Gasteiger partial charge in [0.1, 0.15) is 11.4 Å². The van der Waals surface area contributed by atoms with E-state index in [0.29, 0.717) is 6.42 Å². The number of ether oxygens (including phenoxy) is 2. The van der Waals surface area contributed by atoms with Crippen molar-refractivity contribution >= 4 is 45.3 Å². The Labute approximate surface area is 203 Å². The smallest absolute Gasteiger partial charge is 0.343 e. The topological polar surface area (TPSA) is 159 Å². The molecule has 1 aliphatic heterocycles. The number of hydrogen-bond donors (Lipinski definition) is 1. The van der Waals surface area contributed by atoms with E-state index in [2.05, 4.69) is 9.97 Å². The molecule has 11 nitrogen and oxygen atoms in total. The van der Waals surface area contributed by atoms with E-state index in [1.54, 1.807) is 11.8 Å². The maximum absolute atomic E-state index is 13.0. The molecule has 1 atom stereocenters. The molecule has 2 fully saturated rings. The number of thioether (sulfide) groups is 1. The second-order valence-electron chi connectivity index (χ2n) is 8.27. The van der Waals surface area contributed by atoms with Crippen molar-refractivity contribution in [3.63, 3.8) is 0 Å². The number of nitrogens with two attached hydrogens (primary N) is 1. The molecule has 13 heteroatoms. The number of carbonyl (C=O) groups is 3. The first-order valence-corrected chi connectivity index (χ1v) is 14.1. The monoisotopic (exact) mass is 514 g/mol. The Morgan fingerprint density at radius 2 is 1.88 bits per heavy atom. The van der Waals surface area contributed by atoms with Gasteiger partial charge in [0.2, 0.25) is 0 Å². The molecule has 34 heavy (non-hydrogen) atoms. The lowest BCUT2D eigenvalue weighted by Crippen LogP contribution is -2.50. The Morgan fingerprint density at radius 1 is 1.15 bits per heavy atom. The average molecular weight is 515 g/mol. The van der Waals surface area contributed by atoms with Crippen molar-refractivity contribution < 1.29 is 32.3 Å². The van der Waals surface area contributed by atoms with E-state index in [9.17, 15) is 22.8 Å². The second-order valence-corrected chi connectivity index (χ2v) is 11.4. The summed E-state index contributed by atoms with van der Waals surface area (Å²) in [6, 6.07) is -0.398. The standard InChI is InChI=1S/C21H30N4O7S2/c1-2-31-20(28)16-10-23-21(24-19(16)22)33-12-18(27)32-11-17(26)25(14-6-4-3-5-7-14)15-8-9-34(29,30)13-15/h10,14-15H,2-9,11-13H2,1H3,(H2,22,23,24). The Balaban J connectivity index is 1.53. The van der Waals surface area contributed by atoms with Crippen LogP contribution < -0.4 is 5.73 Å². The van der Waals surface area contributed by atoms with Gasteiger partial charge in [-0.1, -0.05) is 31.0 Å². The van der Waals surface area contributed by atoms with Crippen LogP contribution in [0.3, 0.4) is 0 Å². The molecule has 188 valence electrons. The van der Waals surface area contributed by atoms with Gasteiger partial charge in [-0.2, -0.15) is 0 Å². The zero-order valence-electron chi connectivity index (χ0n) is 19.1. The summed E-state index contributed by atoms with van der Waals surface area (Å²) in [4.78, 5) is 46.6. The number of amides is 1. The minimum atomic E-state index is -3.16. The molecular formula is C21H30N4O7S2. The van der Waals surface area contributed by atoms with Gasteiger partial charge in [-0.05, 0) is 26.2 Å². The third-order valence-electron chi connectivity index (χ3n) is 5.83. The molecule has 2 heterocycles. The molecule has 1 aromatic rings. The molecule has 1 amide bonds. The average Bonchev–Trinajstić information content (AvgIpc) is 3.16. The highest BCUT2D eigenvalue weighted by Gasteiger charge is 2.38. The van der Waals surface area contributed by atoms with Crippen LogP contribution in [0.2, 0.25) is 0 Å². The van der Waals surface area contributed by atoms with Crippen LogP contribution in [0.5, 0.6) is 0 Å². The molecule has 1 aromatic heterocycles. The molecule has 1 saturated heterocycles. The number of aromatic nitrogens is 2. The lowest BCUT2D eigenvalue weighted by Gasteiger charge is -2.38. The molecule has 0 radical (unpaired) electrons. The van der Waals surface area contributed by atoms with Crippen molar-refractivity contribution in [2.75, 3.05) is 36.2 Å². The summed E-state index contributed by atoms with van der Waals surface area (Å²) in [7, 11) is -3.16. The highest BCUT2D eigenvalue weighted by Crippen LogP contribution is 2.28. The highest BCUT2D eigenvalue weighted by molar-refractivity contribution is 7.99.